The van der Waals surface area contributed by atoms with Gasteiger partial charge in [-0.05, 0) is 48.7 Å². The van der Waals surface area contributed by atoms with Gasteiger partial charge in [0, 0.05) is 45.0 Å². The third-order valence-electron chi connectivity index (χ3n) is 5.01. The Bertz CT molecular complexity index is 833. The zero-order valence-electron chi connectivity index (χ0n) is 16.7. The van der Waals surface area contributed by atoms with E-state index in [4.69, 9.17) is 0 Å². The Morgan fingerprint density at radius 3 is 2.57 bits per heavy atom. The summed E-state index contributed by atoms with van der Waals surface area (Å²) in [7, 11) is 3.99. The van der Waals surface area contributed by atoms with Gasteiger partial charge in [0.25, 0.3) is 0 Å². The SMILES string of the molecule is CC(NC(=O)NCc1ccc(N(C)C)cc1)c1cccc(N2CCCC2=O)c1. The monoisotopic (exact) mass is 380 g/mol. The summed E-state index contributed by atoms with van der Waals surface area (Å²) in [6.45, 7) is 3.17. The minimum atomic E-state index is -0.216. The number of hydrogen-bond acceptors (Lipinski definition) is 3. The number of carbonyl (C=O) groups is 2. The van der Waals surface area contributed by atoms with Crippen molar-refractivity contribution in [1.29, 1.82) is 0 Å². The first-order valence-electron chi connectivity index (χ1n) is 9.65. The normalized spacial score (nSPS) is 14.7. The molecule has 0 saturated carbocycles. The Morgan fingerprint density at radius 1 is 1.18 bits per heavy atom. The molecule has 1 unspecified atom stereocenters. The lowest BCUT2D eigenvalue weighted by atomic mass is 10.1. The molecule has 1 saturated heterocycles. The van der Waals surface area contributed by atoms with E-state index in [2.05, 4.69) is 10.6 Å². The van der Waals surface area contributed by atoms with E-state index in [-0.39, 0.29) is 18.0 Å². The zero-order chi connectivity index (χ0) is 20.1. The summed E-state index contributed by atoms with van der Waals surface area (Å²) >= 11 is 0. The van der Waals surface area contributed by atoms with Crippen molar-refractivity contribution in [3.63, 3.8) is 0 Å². The molecule has 2 aromatic rings. The minimum absolute atomic E-state index is 0.159. The quantitative estimate of drug-likeness (QED) is 0.807. The number of benzene rings is 2. The number of amides is 3. The highest BCUT2D eigenvalue weighted by molar-refractivity contribution is 5.95. The van der Waals surface area contributed by atoms with Crippen LogP contribution in [-0.2, 0) is 11.3 Å². The average molecular weight is 380 g/mol. The summed E-state index contributed by atoms with van der Waals surface area (Å²) < 4.78 is 0. The fraction of sp³-hybridized carbons (Fsp3) is 0.364. The highest BCUT2D eigenvalue weighted by atomic mass is 16.2. The summed E-state index contributed by atoms with van der Waals surface area (Å²) in [4.78, 5) is 28.1. The molecule has 1 aliphatic rings. The molecule has 2 N–H and O–H groups in total. The number of nitrogens with zero attached hydrogens (tertiary/aromatic N) is 2. The number of carbonyl (C=O) groups excluding carboxylic acids is 2. The van der Waals surface area contributed by atoms with Crippen LogP contribution in [0, 0.1) is 0 Å². The van der Waals surface area contributed by atoms with Crippen molar-refractivity contribution in [1.82, 2.24) is 10.6 Å². The maximum absolute atomic E-state index is 12.3. The second kappa shape index (κ2) is 8.78. The van der Waals surface area contributed by atoms with Crippen LogP contribution < -0.4 is 20.4 Å². The van der Waals surface area contributed by atoms with Gasteiger partial charge in [0.2, 0.25) is 5.91 Å². The fourth-order valence-corrected chi connectivity index (χ4v) is 3.31. The number of anilines is 2. The van der Waals surface area contributed by atoms with Crippen LogP contribution in [0.2, 0.25) is 0 Å². The van der Waals surface area contributed by atoms with Crippen LogP contribution in [0.5, 0.6) is 0 Å². The third-order valence-corrected chi connectivity index (χ3v) is 5.01. The van der Waals surface area contributed by atoms with E-state index in [1.54, 1.807) is 0 Å². The molecule has 3 amide bonds. The molecule has 6 heteroatoms. The van der Waals surface area contributed by atoms with Crippen molar-refractivity contribution in [3.8, 4) is 0 Å². The number of rotatable bonds is 6. The van der Waals surface area contributed by atoms with E-state index in [0.717, 1.165) is 35.5 Å². The molecule has 0 radical (unpaired) electrons. The Morgan fingerprint density at radius 2 is 1.93 bits per heavy atom. The molecule has 2 aromatic carbocycles. The molecule has 0 aliphatic carbocycles. The highest BCUT2D eigenvalue weighted by Crippen LogP contribution is 2.24. The molecule has 0 aromatic heterocycles. The molecule has 1 atom stereocenters. The molecule has 1 fully saturated rings. The number of nitrogens with one attached hydrogen (secondary N) is 2. The second-order valence-electron chi connectivity index (χ2n) is 7.35. The second-order valence-corrected chi connectivity index (χ2v) is 7.35. The minimum Gasteiger partial charge on any atom is -0.378 e. The number of hydrogen-bond donors (Lipinski definition) is 2. The van der Waals surface area contributed by atoms with E-state index < -0.39 is 0 Å². The van der Waals surface area contributed by atoms with Crippen LogP contribution in [0.3, 0.4) is 0 Å². The molecule has 0 spiro atoms. The van der Waals surface area contributed by atoms with Gasteiger partial charge in [0.15, 0.2) is 0 Å². The molecule has 1 aliphatic heterocycles. The van der Waals surface area contributed by atoms with Gasteiger partial charge in [-0.1, -0.05) is 24.3 Å². The molecule has 0 bridgehead atoms. The first-order valence-corrected chi connectivity index (χ1v) is 9.65. The number of urea groups is 1. The van der Waals surface area contributed by atoms with E-state index in [1.165, 1.54) is 0 Å². The third kappa shape index (κ3) is 4.82. The topological polar surface area (TPSA) is 64.7 Å². The highest BCUT2D eigenvalue weighted by Gasteiger charge is 2.22. The first-order chi connectivity index (χ1) is 13.4. The van der Waals surface area contributed by atoms with Crippen molar-refractivity contribution in [2.75, 3.05) is 30.4 Å². The Labute approximate surface area is 166 Å². The first kappa shape index (κ1) is 19.7. The van der Waals surface area contributed by atoms with Crippen LogP contribution in [-0.4, -0.2) is 32.6 Å². The Hall–Kier alpha value is -3.02. The summed E-state index contributed by atoms with van der Waals surface area (Å²) in [5, 5.41) is 5.86. The van der Waals surface area contributed by atoms with Crippen LogP contribution in [0.25, 0.3) is 0 Å². The Balaban J connectivity index is 1.54. The van der Waals surface area contributed by atoms with E-state index in [1.807, 2.05) is 79.3 Å². The summed E-state index contributed by atoms with van der Waals surface area (Å²) in [5.74, 6) is 0.163. The van der Waals surface area contributed by atoms with E-state index in [0.29, 0.717) is 13.0 Å². The molecule has 28 heavy (non-hydrogen) atoms. The van der Waals surface area contributed by atoms with Crippen LogP contribution >= 0.6 is 0 Å². The van der Waals surface area contributed by atoms with Gasteiger partial charge in [0.1, 0.15) is 0 Å². The molecular weight excluding hydrogens is 352 g/mol. The smallest absolute Gasteiger partial charge is 0.315 e. The average Bonchev–Trinajstić information content (AvgIpc) is 3.12. The zero-order valence-corrected chi connectivity index (χ0v) is 16.7. The van der Waals surface area contributed by atoms with E-state index >= 15 is 0 Å². The lowest BCUT2D eigenvalue weighted by Crippen LogP contribution is -2.36. The molecule has 1 heterocycles. The molecule has 6 nitrogen and oxygen atoms in total. The van der Waals surface area contributed by atoms with Crippen molar-refractivity contribution < 1.29 is 9.59 Å². The predicted octanol–water partition coefficient (Wildman–Crippen LogP) is 3.44. The van der Waals surface area contributed by atoms with Crippen LogP contribution in [0.1, 0.15) is 36.9 Å². The van der Waals surface area contributed by atoms with Crippen LogP contribution in [0.15, 0.2) is 48.5 Å². The summed E-state index contributed by atoms with van der Waals surface area (Å²) in [6.07, 6.45) is 1.50. The standard InChI is InChI=1S/C22H28N4O2/c1-16(18-6-4-7-20(14-18)26-13-5-8-21(26)27)24-22(28)23-15-17-9-11-19(12-10-17)25(2)3/h4,6-7,9-12,14,16H,5,8,13,15H2,1-3H3,(H2,23,24,28). The van der Waals surface area contributed by atoms with Crippen molar-refractivity contribution >= 4 is 23.3 Å². The van der Waals surface area contributed by atoms with Gasteiger partial charge in [-0.3, -0.25) is 4.79 Å². The molecular formula is C22H28N4O2. The largest absolute Gasteiger partial charge is 0.378 e. The van der Waals surface area contributed by atoms with Gasteiger partial charge < -0.3 is 20.4 Å². The van der Waals surface area contributed by atoms with Gasteiger partial charge in [0.05, 0.1) is 6.04 Å². The summed E-state index contributed by atoms with van der Waals surface area (Å²) in [6, 6.07) is 15.5. The van der Waals surface area contributed by atoms with Gasteiger partial charge in [-0.2, -0.15) is 0 Å². The summed E-state index contributed by atoms with van der Waals surface area (Å²) in [5.41, 5.74) is 4.04. The van der Waals surface area contributed by atoms with Crippen molar-refractivity contribution in [3.05, 3.63) is 59.7 Å². The maximum atomic E-state index is 12.3. The fourth-order valence-electron chi connectivity index (χ4n) is 3.31. The van der Waals surface area contributed by atoms with Gasteiger partial charge in [-0.25, -0.2) is 4.79 Å². The maximum Gasteiger partial charge on any atom is 0.315 e. The van der Waals surface area contributed by atoms with Crippen LogP contribution in [0.4, 0.5) is 16.2 Å². The Kier molecular flexibility index (Phi) is 6.19. The van der Waals surface area contributed by atoms with Gasteiger partial charge >= 0.3 is 6.03 Å². The van der Waals surface area contributed by atoms with E-state index in [9.17, 15) is 9.59 Å². The van der Waals surface area contributed by atoms with Gasteiger partial charge in [-0.15, -0.1) is 0 Å². The molecule has 3 rings (SSSR count). The lowest BCUT2D eigenvalue weighted by Gasteiger charge is -2.20. The lowest BCUT2D eigenvalue weighted by molar-refractivity contribution is -0.117. The predicted molar refractivity (Wildman–Crippen MR) is 113 cm³/mol. The van der Waals surface area contributed by atoms with Crippen molar-refractivity contribution in [2.24, 2.45) is 0 Å². The molecule has 148 valence electrons. The van der Waals surface area contributed by atoms with Crippen molar-refractivity contribution in [2.45, 2.75) is 32.4 Å².